The van der Waals surface area contributed by atoms with Crippen molar-refractivity contribution in [2.24, 2.45) is 10.7 Å². The molecule has 1 atom stereocenters. The summed E-state index contributed by atoms with van der Waals surface area (Å²) >= 11 is 0. The fraction of sp³-hybridized carbons (Fsp3) is 0.273. The van der Waals surface area contributed by atoms with E-state index in [1.807, 2.05) is 24.3 Å². The Morgan fingerprint density at radius 1 is 1.47 bits per heavy atom. The van der Waals surface area contributed by atoms with Crippen LogP contribution in [0.5, 0.6) is 0 Å². The number of guanidine groups is 1. The molecule has 1 heterocycles. The van der Waals surface area contributed by atoms with Gasteiger partial charge in [-0.1, -0.05) is 31.2 Å². The highest BCUT2D eigenvalue weighted by Crippen LogP contribution is 2.24. The van der Waals surface area contributed by atoms with E-state index in [0.29, 0.717) is 0 Å². The molecule has 4 heteroatoms. The molecule has 0 saturated carbocycles. The monoisotopic (exact) mass is 203 g/mol. The summed E-state index contributed by atoms with van der Waals surface area (Å²) in [6.45, 7) is 2.05. The van der Waals surface area contributed by atoms with Crippen molar-refractivity contribution in [3.63, 3.8) is 0 Å². The smallest absolute Gasteiger partial charge is 0.256 e. The van der Waals surface area contributed by atoms with E-state index in [1.165, 1.54) is 0 Å². The number of benzene rings is 1. The van der Waals surface area contributed by atoms with Crippen LogP contribution in [0.4, 0.5) is 0 Å². The number of nitrogens with one attached hydrogen (secondary N) is 1. The Kier molecular flexibility index (Phi) is 2.41. The van der Waals surface area contributed by atoms with Crippen molar-refractivity contribution in [1.82, 2.24) is 5.32 Å². The van der Waals surface area contributed by atoms with E-state index in [9.17, 15) is 4.79 Å². The van der Waals surface area contributed by atoms with Crippen LogP contribution in [0.2, 0.25) is 0 Å². The van der Waals surface area contributed by atoms with Crippen LogP contribution in [0.25, 0.3) is 0 Å². The van der Waals surface area contributed by atoms with E-state index in [1.54, 1.807) is 0 Å². The standard InChI is InChI=1S/C11H13N3O/c1-2-7-5-3-4-6-8(7)9-10(15)14-11(12)13-9/h3-6,9H,2H2,1H3,(H3,12,13,14,15). The minimum Gasteiger partial charge on any atom is -0.370 e. The van der Waals surface area contributed by atoms with Gasteiger partial charge in [0.25, 0.3) is 5.91 Å². The minimum atomic E-state index is -0.471. The molecule has 1 aliphatic rings. The molecule has 78 valence electrons. The molecule has 0 radical (unpaired) electrons. The van der Waals surface area contributed by atoms with Gasteiger partial charge in [-0.2, -0.15) is 0 Å². The van der Waals surface area contributed by atoms with Crippen LogP contribution >= 0.6 is 0 Å². The van der Waals surface area contributed by atoms with Gasteiger partial charge in [0, 0.05) is 0 Å². The average Bonchev–Trinajstić information content (AvgIpc) is 2.57. The van der Waals surface area contributed by atoms with Gasteiger partial charge in [0.2, 0.25) is 0 Å². The summed E-state index contributed by atoms with van der Waals surface area (Å²) in [5.41, 5.74) is 7.54. The van der Waals surface area contributed by atoms with E-state index in [4.69, 9.17) is 5.73 Å². The number of carbonyl (C=O) groups excluding carboxylic acids is 1. The molecule has 0 aliphatic carbocycles. The lowest BCUT2D eigenvalue weighted by molar-refractivity contribution is -0.120. The summed E-state index contributed by atoms with van der Waals surface area (Å²) in [6.07, 6.45) is 0.884. The summed E-state index contributed by atoms with van der Waals surface area (Å²) < 4.78 is 0. The maximum absolute atomic E-state index is 11.5. The number of hydrogen-bond acceptors (Lipinski definition) is 3. The number of carbonyl (C=O) groups is 1. The fourth-order valence-corrected chi connectivity index (χ4v) is 1.76. The molecule has 0 bridgehead atoms. The predicted molar refractivity (Wildman–Crippen MR) is 58.3 cm³/mol. The third kappa shape index (κ3) is 1.70. The van der Waals surface area contributed by atoms with Crippen LogP contribution < -0.4 is 11.1 Å². The molecule has 3 N–H and O–H groups in total. The number of aryl methyl sites for hydroxylation is 1. The Labute approximate surface area is 88.2 Å². The SMILES string of the molecule is CCc1ccccc1C1N=C(N)NC1=O. The maximum atomic E-state index is 11.5. The predicted octanol–water partition coefficient (Wildman–Crippen LogP) is 0.735. The number of nitrogens with zero attached hydrogens (tertiary/aromatic N) is 1. The van der Waals surface area contributed by atoms with Crippen molar-refractivity contribution in [2.75, 3.05) is 0 Å². The van der Waals surface area contributed by atoms with Gasteiger partial charge in [-0.15, -0.1) is 0 Å². The van der Waals surface area contributed by atoms with E-state index in [2.05, 4.69) is 17.2 Å². The second kappa shape index (κ2) is 3.73. The molecule has 1 aromatic rings. The molecule has 15 heavy (non-hydrogen) atoms. The number of amides is 1. The normalized spacial score (nSPS) is 19.9. The van der Waals surface area contributed by atoms with Crippen LogP contribution in [-0.4, -0.2) is 11.9 Å². The van der Waals surface area contributed by atoms with Gasteiger partial charge in [0.05, 0.1) is 0 Å². The first-order chi connectivity index (χ1) is 7.22. The zero-order valence-electron chi connectivity index (χ0n) is 8.53. The first-order valence-corrected chi connectivity index (χ1v) is 4.94. The largest absolute Gasteiger partial charge is 0.370 e. The summed E-state index contributed by atoms with van der Waals surface area (Å²) in [6, 6.07) is 7.33. The highest BCUT2D eigenvalue weighted by Gasteiger charge is 2.27. The molecule has 0 aromatic heterocycles. The van der Waals surface area contributed by atoms with Crippen molar-refractivity contribution < 1.29 is 4.79 Å². The molecule has 0 saturated heterocycles. The first-order valence-electron chi connectivity index (χ1n) is 4.94. The van der Waals surface area contributed by atoms with Gasteiger partial charge in [-0.3, -0.25) is 10.1 Å². The quantitative estimate of drug-likeness (QED) is 0.744. The van der Waals surface area contributed by atoms with Gasteiger partial charge >= 0.3 is 0 Å². The fourth-order valence-electron chi connectivity index (χ4n) is 1.76. The zero-order valence-corrected chi connectivity index (χ0v) is 8.53. The van der Waals surface area contributed by atoms with Crippen molar-refractivity contribution in [3.05, 3.63) is 35.4 Å². The van der Waals surface area contributed by atoms with Crippen molar-refractivity contribution in [2.45, 2.75) is 19.4 Å². The molecule has 1 amide bonds. The van der Waals surface area contributed by atoms with Gasteiger partial charge < -0.3 is 5.73 Å². The highest BCUT2D eigenvalue weighted by atomic mass is 16.2. The number of hydrogen-bond donors (Lipinski definition) is 2. The lowest BCUT2D eigenvalue weighted by Gasteiger charge is -2.09. The molecular weight excluding hydrogens is 190 g/mol. The van der Waals surface area contributed by atoms with Crippen LogP contribution in [0.1, 0.15) is 24.1 Å². The van der Waals surface area contributed by atoms with Crippen LogP contribution in [0, 0.1) is 0 Å². The second-order valence-corrected chi connectivity index (χ2v) is 3.46. The van der Waals surface area contributed by atoms with Crippen LogP contribution in [-0.2, 0) is 11.2 Å². The van der Waals surface area contributed by atoms with E-state index < -0.39 is 6.04 Å². The van der Waals surface area contributed by atoms with E-state index in [0.717, 1.165) is 17.5 Å². The van der Waals surface area contributed by atoms with Gasteiger partial charge in [0.15, 0.2) is 12.0 Å². The van der Waals surface area contributed by atoms with E-state index >= 15 is 0 Å². The Bertz CT molecular complexity index is 426. The Morgan fingerprint density at radius 2 is 2.20 bits per heavy atom. The second-order valence-electron chi connectivity index (χ2n) is 3.46. The Hall–Kier alpha value is -1.84. The maximum Gasteiger partial charge on any atom is 0.256 e. The summed E-state index contributed by atoms with van der Waals surface area (Å²) in [7, 11) is 0. The van der Waals surface area contributed by atoms with Crippen molar-refractivity contribution in [1.29, 1.82) is 0 Å². The number of aliphatic imine (C=N–C) groups is 1. The molecule has 4 nitrogen and oxygen atoms in total. The number of nitrogens with two attached hydrogens (primary N) is 1. The third-order valence-electron chi connectivity index (χ3n) is 2.50. The van der Waals surface area contributed by atoms with Crippen molar-refractivity contribution >= 4 is 11.9 Å². The average molecular weight is 203 g/mol. The van der Waals surface area contributed by atoms with Crippen LogP contribution in [0.15, 0.2) is 29.3 Å². The third-order valence-corrected chi connectivity index (χ3v) is 2.50. The highest BCUT2D eigenvalue weighted by molar-refractivity contribution is 6.04. The lowest BCUT2D eigenvalue weighted by atomic mass is 9.99. The molecular formula is C11H13N3O. The minimum absolute atomic E-state index is 0.145. The Morgan fingerprint density at radius 3 is 2.80 bits per heavy atom. The number of rotatable bonds is 2. The van der Waals surface area contributed by atoms with E-state index in [-0.39, 0.29) is 11.9 Å². The summed E-state index contributed by atoms with van der Waals surface area (Å²) in [5, 5.41) is 2.51. The zero-order chi connectivity index (χ0) is 10.8. The van der Waals surface area contributed by atoms with Gasteiger partial charge in [-0.05, 0) is 17.5 Å². The molecule has 1 aliphatic heterocycles. The lowest BCUT2D eigenvalue weighted by Crippen LogP contribution is -2.31. The van der Waals surface area contributed by atoms with Gasteiger partial charge in [-0.25, -0.2) is 4.99 Å². The molecule has 0 fully saturated rings. The summed E-state index contributed by atoms with van der Waals surface area (Å²) in [4.78, 5) is 15.6. The molecule has 2 rings (SSSR count). The molecule has 0 spiro atoms. The van der Waals surface area contributed by atoms with Crippen molar-refractivity contribution in [3.8, 4) is 0 Å². The molecule has 1 aromatic carbocycles. The van der Waals surface area contributed by atoms with Gasteiger partial charge in [0.1, 0.15) is 0 Å². The van der Waals surface area contributed by atoms with Crippen LogP contribution in [0.3, 0.4) is 0 Å². The topological polar surface area (TPSA) is 67.5 Å². The molecule has 1 unspecified atom stereocenters. The Balaban J connectivity index is 2.41. The summed E-state index contributed by atoms with van der Waals surface area (Å²) in [5.74, 6) is 0.0595. The first kappa shape index (κ1) is 9.71.